The van der Waals surface area contributed by atoms with E-state index < -0.39 is 23.7 Å². The molecule has 0 unspecified atom stereocenters. The number of anilines is 4. The predicted molar refractivity (Wildman–Crippen MR) is 124 cm³/mol. The van der Waals surface area contributed by atoms with Crippen molar-refractivity contribution in [2.24, 2.45) is 0 Å². The lowest BCUT2D eigenvalue weighted by Gasteiger charge is -2.13. The Morgan fingerprint density at radius 3 is 2.49 bits per heavy atom. The van der Waals surface area contributed by atoms with Crippen molar-refractivity contribution in [2.75, 3.05) is 24.9 Å². The van der Waals surface area contributed by atoms with E-state index in [9.17, 15) is 22.4 Å². The Labute approximate surface area is 209 Å². The van der Waals surface area contributed by atoms with Crippen LogP contribution in [0.5, 0.6) is 11.5 Å². The number of carboxylic acid groups (broad SMARTS) is 1. The van der Waals surface area contributed by atoms with Gasteiger partial charge in [0.05, 0.1) is 31.6 Å². The SMILES string of the molecule is COc1ccc(Nc2ncc(Cl)c(Nc3ccc4oc(=O)[nH]c4c3)n2)c(F)c1OC.O=C(O)C(F)(F)F. The van der Waals surface area contributed by atoms with Gasteiger partial charge in [-0.1, -0.05) is 11.6 Å². The number of carbonyl (C=O) groups is 1. The van der Waals surface area contributed by atoms with Gasteiger partial charge in [-0.15, -0.1) is 0 Å². The third-order valence-corrected chi connectivity index (χ3v) is 4.68. The molecule has 2 heterocycles. The van der Waals surface area contributed by atoms with Gasteiger partial charge in [0.15, 0.2) is 28.7 Å². The van der Waals surface area contributed by atoms with Crippen LogP contribution in [0.4, 0.5) is 40.7 Å². The Bertz CT molecular complexity index is 1490. The standard InChI is InChI=1S/C19H15ClFN5O4.C2HF3O2/c1-28-14-6-4-11(15(21)16(14)29-2)24-18-22-8-10(20)17(26-18)23-9-3-5-13-12(7-9)25-19(27)30-13;3-2(4,5)1(6)7/h3-8H,1-2H3,(H,25,27)(H2,22,23,24,26);(H,6,7). The summed E-state index contributed by atoms with van der Waals surface area (Å²) in [7, 11) is 2.76. The lowest BCUT2D eigenvalue weighted by molar-refractivity contribution is -0.192. The number of rotatable bonds is 6. The average molecular weight is 546 g/mol. The minimum Gasteiger partial charge on any atom is -0.493 e. The van der Waals surface area contributed by atoms with Crippen LogP contribution in [0.1, 0.15) is 0 Å². The number of aromatic amines is 1. The van der Waals surface area contributed by atoms with Gasteiger partial charge in [-0.3, -0.25) is 4.98 Å². The normalized spacial score (nSPS) is 10.9. The lowest BCUT2D eigenvalue weighted by Crippen LogP contribution is -2.21. The number of nitrogens with zero attached hydrogens (tertiary/aromatic N) is 2. The lowest BCUT2D eigenvalue weighted by atomic mass is 10.2. The zero-order valence-electron chi connectivity index (χ0n) is 18.7. The number of ether oxygens (including phenoxy) is 2. The third-order valence-electron chi connectivity index (χ3n) is 4.40. The van der Waals surface area contributed by atoms with Gasteiger partial charge in [-0.2, -0.15) is 18.2 Å². The summed E-state index contributed by atoms with van der Waals surface area (Å²) in [5.41, 5.74) is 1.63. The second-order valence-electron chi connectivity index (χ2n) is 6.83. The number of hydrogen-bond acceptors (Lipinski definition) is 9. The van der Waals surface area contributed by atoms with Crippen molar-refractivity contribution < 1.29 is 41.4 Å². The molecule has 4 N–H and O–H groups in total. The minimum atomic E-state index is -5.08. The number of aromatic nitrogens is 3. The van der Waals surface area contributed by atoms with Gasteiger partial charge in [-0.05, 0) is 30.3 Å². The van der Waals surface area contributed by atoms with Crippen molar-refractivity contribution >= 4 is 51.8 Å². The maximum atomic E-state index is 14.7. The van der Waals surface area contributed by atoms with Crippen molar-refractivity contribution in [1.29, 1.82) is 0 Å². The van der Waals surface area contributed by atoms with Gasteiger partial charge in [0.2, 0.25) is 5.95 Å². The van der Waals surface area contributed by atoms with Crippen LogP contribution in [0.15, 0.2) is 45.7 Å². The fourth-order valence-electron chi connectivity index (χ4n) is 2.79. The molecule has 0 radical (unpaired) electrons. The Balaban J connectivity index is 0.000000479. The molecule has 4 aromatic rings. The van der Waals surface area contributed by atoms with Gasteiger partial charge in [0, 0.05) is 5.69 Å². The van der Waals surface area contributed by atoms with Gasteiger partial charge in [0.1, 0.15) is 5.02 Å². The summed E-state index contributed by atoms with van der Waals surface area (Å²) in [4.78, 5) is 31.1. The number of nitrogens with one attached hydrogen (secondary N) is 3. The first-order chi connectivity index (χ1) is 17.4. The van der Waals surface area contributed by atoms with E-state index >= 15 is 0 Å². The Morgan fingerprint density at radius 2 is 1.86 bits per heavy atom. The number of fused-ring (bicyclic) bond motifs is 1. The molecular formula is C21H16ClF4N5O6. The summed E-state index contributed by atoms with van der Waals surface area (Å²) in [5, 5.41) is 13.2. The fourth-order valence-corrected chi connectivity index (χ4v) is 2.93. The summed E-state index contributed by atoms with van der Waals surface area (Å²) in [6.45, 7) is 0. The average Bonchev–Trinajstić information content (AvgIpc) is 3.21. The van der Waals surface area contributed by atoms with E-state index in [-0.39, 0.29) is 34.0 Å². The molecule has 37 heavy (non-hydrogen) atoms. The number of halogens is 5. The van der Waals surface area contributed by atoms with E-state index in [2.05, 4.69) is 25.6 Å². The second kappa shape index (κ2) is 11.0. The molecule has 2 aromatic heterocycles. The maximum Gasteiger partial charge on any atom is 0.490 e. The molecule has 0 amide bonds. The smallest absolute Gasteiger partial charge is 0.490 e. The van der Waals surface area contributed by atoms with Crippen LogP contribution in [0.2, 0.25) is 5.02 Å². The summed E-state index contributed by atoms with van der Waals surface area (Å²) in [6.07, 6.45) is -3.71. The van der Waals surface area contributed by atoms with Crippen molar-refractivity contribution in [1.82, 2.24) is 15.0 Å². The summed E-state index contributed by atoms with van der Waals surface area (Å²) in [5.74, 6) is -3.37. The molecule has 0 spiro atoms. The second-order valence-corrected chi connectivity index (χ2v) is 7.24. The van der Waals surface area contributed by atoms with Crippen LogP contribution in [0.25, 0.3) is 11.1 Å². The zero-order valence-corrected chi connectivity index (χ0v) is 19.5. The molecule has 4 rings (SSSR count). The monoisotopic (exact) mass is 545 g/mol. The first-order valence-corrected chi connectivity index (χ1v) is 10.2. The molecule has 0 aliphatic heterocycles. The number of benzene rings is 2. The first-order valence-electron chi connectivity index (χ1n) is 9.83. The first kappa shape index (κ1) is 27.1. The molecule has 0 aliphatic carbocycles. The van der Waals surface area contributed by atoms with Gasteiger partial charge < -0.3 is 29.6 Å². The minimum absolute atomic E-state index is 0.0442. The van der Waals surface area contributed by atoms with E-state index in [1.165, 1.54) is 26.5 Å². The topological polar surface area (TPSA) is 152 Å². The molecule has 0 bridgehead atoms. The van der Waals surface area contributed by atoms with Crippen molar-refractivity contribution in [3.8, 4) is 11.5 Å². The molecule has 11 nitrogen and oxygen atoms in total. The van der Waals surface area contributed by atoms with E-state index in [1.807, 2.05) is 0 Å². The van der Waals surface area contributed by atoms with Crippen LogP contribution >= 0.6 is 11.6 Å². The number of aliphatic carboxylic acids is 1. The van der Waals surface area contributed by atoms with E-state index in [1.54, 1.807) is 24.3 Å². The number of methoxy groups -OCH3 is 2. The summed E-state index contributed by atoms with van der Waals surface area (Å²) >= 11 is 6.19. The van der Waals surface area contributed by atoms with Crippen molar-refractivity contribution in [2.45, 2.75) is 6.18 Å². The van der Waals surface area contributed by atoms with Crippen molar-refractivity contribution in [3.63, 3.8) is 0 Å². The fraction of sp³-hybridized carbons (Fsp3) is 0.143. The van der Waals surface area contributed by atoms with Gasteiger partial charge in [0.25, 0.3) is 0 Å². The maximum absolute atomic E-state index is 14.7. The Kier molecular flexibility index (Phi) is 8.07. The number of hydrogen-bond donors (Lipinski definition) is 4. The van der Waals surface area contributed by atoms with Crippen LogP contribution in [0.3, 0.4) is 0 Å². The summed E-state index contributed by atoms with van der Waals surface area (Å²) in [6, 6.07) is 8.02. The third kappa shape index (κ3) is 6.58. The molecule has 2 aromatic carbocycles. The number of alkyl halides is 3. The van der Waals surface area contributed by atoms with Crippen LogP contribution < -0.4 is 25.9 Å². The van der Waals surface area contributed by atoms with Crippen molar-refractivity contribution in [3.05, 3.63) is 57.9 Å². The van der Waals surface area contributed by atoms with Gasteiger partial charge >= 0.3 is 17.9 Å². The van der Waals surface area contributed by atoms with E-state index in [0.717, 1.165) is 0 Å². The van der Waals surface area contributed by atoms with E-state index in [4.69, 9.17) is 35.4 Å². The Hall–Kier alpha value is -4.53. The molecule has 0 aliphatic rings. The summed E-state index contributed by atoms with van der Waals surface area (Å²) < 4.78 is 61.5. The van der Waals surface area contributed by atoms with Crippen LogP contribution in [-0.2, 0) is 4.79 Å². The molecule has 0 atom stereocenters. The Morgan fingerprint density at radius 1 is 1.16 bits per heavy atom. The number of H-pyrrole nitrogens is 1. The highest BCUT2D eigenvalue weighted by Gasteiger charge is 2.38. The molecule has 0 saturated carbocycles. The zero-order chi connectivity index (χ0) is 27.3. The molecule has 0 saturated heterocycles. The van der Waals surface area contributed by atoms with Gasteiger partial charge in [-0.25, -0.2) is 19.0 Å². The molecular weight excluding hydrogens is 530 g/mol. The highest BCUT2D eigenvalue weighted by molar-refractivity contribution is 6.32. The number of carboxylic acids is 1. The molecule has 0 fully saturated rings. The highest BCUT2D eigenvalue weighted by atomic mass is 35.5. The van der Waals surface area contributed by atoms with E-state index in [0.29, 0.717) is 16.8 Å². The quantitative estimate of drug-likeness (QED) is 0.248. The predicted octanol–water partition coefficient (Wildman–Crippen LogP) is 4.84. The largest absolute Gasteiger partial charge is 0.493 e. The molecule has 196 valence electrons. The number of oxazole rings is 1. The van der Waals surface area contributed by atoms with Crippen LogP contribution in [0, 0.1) is 5.82 Å². The highest BCUT2D eigenvalue weighted by Crippen LogP contribution is 2.35. The van der Waals surface area contributed by atoms with Crippen LogP contribution in [-0.4, -0.2) is 46.4 Å². The molecule has 16 heteroatoms.